The van der Waals surface area contributed by atoms with Crippen LogP contribution in [0.5, 0.6) is 0 Å². The molecule has 0 radical (unpaired) electrons. The summed E-state index contributed by atoms with van der Waals surface area (Å²) in [6.45, 7) is 0. The van der Waals surface area contributed by atoms with E-state index >= 15 is 0 Å². The van der Waals surface area contributed by atoms with Crippen molar-refractivity contribution in [1.29, 1.82) is 0 Å². The van der Waals surface area contributed by atoms with E-state index in [-0.39, 0.29) is 11.0 Å². The SMILES string of the molecule is Clc1cc2nc(Cl)c(-c3nnc(CC4CCCC4)o3)nc2cc1Cl. The molecule has 1 aromatic carbocycles. The third-order valence-corrected chi connectivity index (χ3v) is 5.26. The molecule has 4 rings (SSSR count). The summed E-state index contributed by atoms with van der Waals surface area (Å²) in [6, 6.07) is 3.27. The van der Waals surface area contributed by atoms with Gasteiger partial charge >= 0.3 is 0 Å². The van der Waals surface area contributed by atoms with E-state index in [9.17, 15) is 0 Å². The Morgan fingerprint density at radius 3 is 2.33 bits per heavy atom. The maximum atomic E-state index is 6.23. The van der Waals surface area contributed by atoms with Crippen LogP contribution in [0.25, 0.3) is 22.6 Å². The third kappa shape index (κ3) is 3.08. The predicted octanol–water partition coefficient (Wildman–Crippen LogP) is 5.37. The van der Waals surface area contributed by atoms with E-state index in [2.05, 4.69) is 20.2 Å². The second kappa shape index (κ2) is 6.47. The van der Waals surface area contributed by atoms with Gasteiger partial charge in [0.1, 0.15) is 0 Å². The number of fused-ring (bicyclic) bond motifs is 1. The van der Waals surface area contributed by atoms with Gasteiger partial charge in [-0.1, -0.05) is 47.6 Å². The largest absolute Gasteiger partial charge is 0.419 e. The fourth-order valence-electron chi connectivity index (χ4n) is 3.06. The monoisotopic (exact) mass is 382 g/mol. The smallest absolute Gasteiger partial charge is 0.269 e. The average Bonchev–Trinajstić information content (AvgIpc) is 3.21. The van der Waals surface area contributed by atoms with Crippen molar-refractivity contribution in [1.82, 2.24) is 20.2 Å². The highest BCUT2D eigenvalue weighted by Gasteiger charge is 2.21. The Balaban J connectivity index is 1.69. The van der Waals surface area contributed by atoms with Gasteiger partial charge in [-0.2, -0.15) is 0 Å². The molecule has 1 aliphatic carbocycles. The molecule has 0 atom stereocenters. The molecule has 5 nitrogen and oxygen atoms in total. The lowest BCUT2D eigenvalue weighted by Gasteiger charge is -2.04. The van der Waals surface area contributed by atoms with Crippen LogP contribution in [0.2, 0.25) is 15.2 Å². The summed E-state index contributed by atoms with van der Waals surface area (Å²) in [4.78, 5) is 8.76. The number of benzene rings is 1. The van der Waals surface area contributed by atoms with Crippen molar-refractivity contribution in [2.45, 2.75) is 32.1 Å². The van der Waals surface area contributed by atoms with Crippen LogP contribution >= 0.6 is 34.8 Å². The van der Waals surface area contributed by atoms with Crippen LogP contribution in [-0.2, 0) is 6.42 Å². The first kappa shape index (κ1) is 16.1. The van der Waals surface area contributed by atoms with Crippen LogP contribution in [0.4, 0.5) is 0 Å². The number of nitrogens with zero attached hydrogens (tertiary/aromatic N) is 4. The number of hydrogen-bond donors (Lipinski definition) is 0. The van der Waals surface area contributed by atoms with E-state index in [1.165, 1.54) is 25.7 Å². The standard InChI is InChI=1S/C16H13Cl3N4O/c17-9-6-11-12(7-10(9)18)21-15(19)14(20-11)16-23-22-13(24-16)5-8-3-1-2-4-8/h6-8H,1-5H2. The molecule has 0 amide bonds. The summed E-state index contributed by atoms with van der Waals surface area (Å²) in [5.41, 5.74) is 1.48. The van der Waals surface area contributed by atoms with Crippen molar-refractivity contribution < 1.29 is 4.42 Å². The van der Waals surface area contributed by atoms with Crippen molar-refractivity contribution in [2.75, 3.05) is 0 Å². The molecule has 0 aliphatic heterocycles. The second-order valence-electron chi connectivity index (χ2n) is 5.97. The quantitative estimate of drug-likeness (QED) is 0.608. The molecule has 0 bridgehead atoms. The van der Waals surface area contributed by atoms with Gasteiger partial charge in [0.25, 0.3) is 5.89 Å². The molecule has 0 unspecified atom stereocenters. The number of halogens is 3. The van der Waals surface area contributed by atoms with Gasteiger partial charge in [-0.25, -0.2) is 9.97 Å². The van der Waals surface area contributed by atoms with Gasteiger partial charge in [-0.05, 0) is 30.9 Å². The summed E-state index contributed by atoms with van der Waals surface area (Å²) in [7, 11) is 0. The highest BCUT2D eigenvalue weighted by molar-refractivity contribution is 6.42. The Labute approximate surface area is 153 Å². The minimum absolute atomic E-state index is 0.192. The maximum Gasteiger partial charge on any atom is 0.269 e. The predicted molar refractivity (Wildman–Crippen MR) is 93.5 cm³/mol. The van der Waals surface area contributed by atoms with Crippen molar-refractivity contribution in [3.05, 3.63) is 33.2 Å². The Morgan fingerprint density at radius 2 is 1.62 bits per heavy atom. The maximum absolute atomic E-state index is 6.23. The van der Waals surface area contributed by atoms with E-state index < -0.39 is 0 Å². The first-order chi connectivity index (χ1) is 11.6. The van der Waals surface area contributed by atoms with Crippen molar-refractivity contribution in [3.8, 4) is 11.6 Å². The number of aromatic nitrogens is 4. The zero-order valence-electron chi connectivity index (χ0n) is 12.6. The van der Waals surface area contributed by atoms with Gasteiger partial charge in [0.15, 0.2) is 10.8 Å². The van der Waals surface area contributed by atoms with Gasteiger partial charge in [-0.3, -0.25) is 0 Å². The Bertz CT molecular complexity index is 906. The van der Waals surface area contributed by atoms with Crippen LogP contribution in [0, 0.1) is 5.92 Å². The van der Waals surface area contributed by atoms with Gasteiger partial charge in [0.2, 0.25) is 5.89 Å². The molecular formula is C16H13Cl3N4O. The van der Waals surface area contributed by atoms with Gasteiger partial charge in [-0.15, -0.1) is 10.2 Å². The number of rotatable bonds is 3. The van der Waals surface area contributed by atoms with Crippen LogP contribution < -0.4 is 0 Å². The molecule has 0 spiro atoms. The summed E-state index contributed by atoms with van der Waals surface area (Å²) < 4.78 is 5.75. The van der Waals surface area contributed by atoms with Crippen LogP contribution in [-0.4, -0.2) is 20.2 Å². The molecule has 24 heavy (non-hydrogen) atoms. The van der Waals surface area contributed by atoms with Crippen LogP contribution in [0.15, 0.2) is 16.5 Å². The Hall–Kier alpha value is -1.43. The molecule has 8 heteroatoms. The van der Waals surface area contributed by atoms with E-state index in [1.807, 2.05) is 0 Å². The topological polar surface area (TPSA) is 64.7 Å². The molecule has 124 valence electrons. The molecule has 1 aliphatic rings. The Morgan fingerprint density at radius 1 is 0.958 bits per heavy atom. The minimum atomic E-state index is 0.192. The summed E-state index contributed by atoms with van der Waals surface area (Å²) in [5, 5.41) is 9.19. The molecule has 3 aromatic rings. The van der Waals surface area contributed by atoms with E-state index in [4.69, 9.17) is 39.2 Å². The molecular weight excluding hydrogens is 371 g/mol. The summed E-state index contributed by atoms with van der Waals surface area (Å²) in [5.74, 6) is 1.51. The lowest BCUT2D eigenvalue weighted by atomic mass is 10.0. The summed E-state index contributed by atoms with van der Waals surface area (Å²) >= 11 is 18.3. The van der Waals surface area contributed by atoms with Crippen molar-refractivity contribution in [3.63, 3.8) is 0 Å². The van der Waals surface area contributed by atoms with E-state index in [0.29, 0.717) is 38.6 Å². The zero-order valence-corrected chi connectivity index (χ0v) is 14.9. The van der Waals surface area contributed by atoms with E-state index in [1.54, 1.807) is 12.1 Å². The molecule has 2 heterocycles. The van der Waals surface area contributed by atoms with Crippen molar-refractivity contribution in [2.24, 2.45) is 5.92 Å². The zero-order chi connectivity index (χ0) is 16.7. The lowest BCUT2D eigenvalue weighted by molar-refractivity contribution is 0.437. The minimum Gasteiger partial charge on any atom is -0.419 e. The van der Waals surface area contributed by atoms with Gasteiger partial charge < -0.3 is 4.42 Å². The Kier molecular flexibility index (Phi) is 4.33. The first-order valence-corrected chi connectivity index (χ1v) is 8.88. The average molecular weight is 384 g/mol. The molecule has 0 N–H and O–H groups in total. The fourth-order valence-corrected chi connectivity index (χ4v) is 3.59. The van der Waals surface area contributed by atoms with Crippen molar-refractivity contribution >= 4 is 45.8 Å². The van der Waals surface area contributed by atoms with Gasteiger partial charge in [0, 0.05) is 6.42 Å². The van der Waals surface area contributed by atoms with E-state index in [0.717, 1.165) is 6.42 Å². The molecule has 1 saturated carbocycles. The summed E-state index contributed by atoms with van der Waals surface area (Å²) in [6.07, 6.45) is 5.78. The molecule has 1 fully saturated rings. The van der Waals surface area contributed by atoms with Crippen LogP contribution in [0.1, 0.15) is 31.6 Å². The first-order valence-electron chi connectivity index (χ1n) is 7.75. The second-order valence-corrected chi connectivity index (χ2v) is 7.15. The third-order valence-electron chi connectivity index (χ3n) is 4.27. The van der Waals surface area contributed by atoms with Crippen LogP contribution in [0.3, 0.4) is 0 Å². The molecule has 0 saturated heterocycles. The van der Waals surface area contributed by atoms with Gasteiger partial charge in [0.05, 0.1) is 21.1 Å². The lowest BCUT2D eigenvalue weighted by Crippen LogP contribution is -1.98. The molecule has 2 aromatic heterocycles. The fraction of sp³-hybridized carbons (Fsp3) is 0.375. The highest BCUT2D eigenvalue weighted by atomic mass is 35.5. The normalized spacial score (nSPS) is 15.5. The highest BCUT2D eigenvalue weighted by Crippen LogP contribution is 2.32. The number of hydrogen-bond acceptors (Lipinski definition) is 5.